The van der Waals surface area contributed by atoms with Gasteiger partial charge >= 0.3 is 6.03 Å². The van der Waals surface area contributed by atoms with Gasteiger partial charge in [0.15, 0.2) is 0 Å². The molecule has 3 aromatic rings. The number of thiol groups is 1. The average Bonchev–Trinajstić information content (AvgIpc) is 2.84. The molecule has 3 aromatic carbocycles. The van der Waals surface area contributed by atoms with Gasteiger partial charge < -0.3 is 10.6 Å². The molecule has 9 heteroatoms. The molecule has 3 rings (SSSR count). The fourth-order valence-electron chi connectivity index (χ4n) is 2.95. The molecule has 3 amide bonds. The van der Waals surface area contributed by atoms with Crippen LogP contribution in [0.1, 0.15) is 27.0 Å². The number of halogens is 1. The highest BCUT2D eigenvalue weighted by Crippen LogP contribution is 2.25. The van der Waals surface area contributed by atoms with Crippen LogP contribution in [0.4, 0.5) is 20.6 Å². The fraction of sp³-hybridized carbons (Fsp3) is 0.0833. The van der Waals surface area contributed by atoms with E-state index >= 15 is 0 Å². The first-order valence-electron chi connectivity index (χ1n) is 9.79. The highest BCUT2D eigenvalue weighted by Gasteiger charge is 2.16. The van der Waals surface area contributed by atoms with E-state index in [4.69, 9.17) is 5.26 Å². The SMILES string of the molecule is N#Cc1ccc(CCNC(=O)N(S)c2ccc(NC(=O)c3ccccc3F)c(C#N)c2)cc1. The van der Waals surface area contributed by atoms with Crippen molar-refractivity contribution in [1.29, 1.82) is 10.5 Å². The maximum atomic E-state index is 13.8. The molecule has 0 aliphatic carbocycles. The Kier molecular flexibility index (Phi) is 7.64. The lowest BCUT2D eigenvalue weighted by Gasteiger charge is -2.18. The summed E-state index contributed by atoms with van der Waals surface area (Å²) in [5.74, 6) is -1.37. The van der Waals surface area contributed by atoms with Gasteiger partial charge in [-0.25, -0.2) is 13.5 Å². The summed E-state index contributed by atoms with van der Waals surface area (Å²) in [6.45, 7) is 0.337. The predicted octanol–water partition coefficient (Wildman–Crippen LogP) is 4.42. The molecule has 7 nitrogen and oxygen atoms in total. The quantitative estimate of drug-likeness (QED) is 0.474. The molecule has 0 spiro atoms. The molecule has 0 unspecified atom stereocenters. The summed E-state index contributed by atoms with van der Waals surface area (Å²) >= 11 is 4.20. The zero-order valence-corrected chi connectivity index (χ0v) is 18.1. The second-order valence-electron chi connectivity index (χ2n) is 6.88. The Labute approximate surface area is 195 Å². The highest BCUT2D eigenvalue weighted by atomic mass is 32.1. The first-order chi connectivity index (χ1) is 15.9. The molecule has 0 bridgehead atoms. The third-order valence-corrected chi connectivity index (χ3v) is 5.11. The van der Waals surface area contributed by atoms with E-state index in [1.807, 2.05) is 24.3 Å². The summed E-state index contributed by atoms with van der Waals surface area (Å²) < 4.78 is 14.9. The minimum Gasteiger partial charge on any atom is -0.337 e. The Hall–Kier alpha value is -4.34. The molecule has 0 aliphatic rings. The average molecular weight is 460 g/mol. The van der Waals surface area contributed by atoms with Crippen LogP contribution in [0.3, 0.4) is 0 Å². The van der Waals surface area contributed by atoms with Crippen LogP contribution in [0.25, 0.3) is 0 Å². The Bertz CT molecular complexity index is 1270. The van der Waals surface area contributed by atoms with Crippen molar-refractivity contribution in [2.45, 2.75) is 6.42 Å². The van der Waals surface area contributed by atoms with Crippen LogP contribution in [0.5, 0.6) is 0 Å². The molecule has 0 aliphatic heterocycles. The lowest BCUT2D eigenvalue weighted by Crippen LogP contribution is -2.35. The number of anilines is 2. The molecule has 0 radical (unpaired) electrons. The standard InChI is InChI=1S/C24H18FN5O2S/c25-21-4-2-1-3-20(21)23(31)29-22-10-9-19(13-18(22)15-27)30(33)24(32)28-12-11-16-5-7-17(14-26)8-6-16/h1-10,13,33H,11-12H2,(H,28,32)(H,29,31). The highest BCUT2D eigenvalue weighted by molar-refractivity contribution is 7.82. The van der Waals surface area contributed by atoms with Crippen LogP contribution >= 0.6 is 12.8 Å². The van der Waals surface area contributed by atoms with Crippen LogP contribution in [-0.2, 0) is 6.42 Å². The lowest BCUT2D eigenvalue weighted by atomic mass is 10.1. The normalized spacial score (nSPS) is 9.94. The molecule has 0 fully saturated rings. The van der Waals surface area contributed by atoms with E-state index in [1.165, 1.54) is 42.5 Å². The number of nitrogens with one attached hydrogen (secondary N) is 2. The smallest absolute Gasteiger partial charge is 0.331 e. The van der Waals surface area contributed by atoms with Gasteiger partial charge in [-0.3, -0.25) is 4.79 Å². The number of hydrogen-bond acceptors (Lipinski definition) is 5. The van der Waals surface area contributed by atoms with Gasteiger partial charge in [0.25, 0.3) is 5.91 Å². The zero-order valence-electron chi connectivity index (χ0n) is 17.2. The minimum absolute atomic E-state index is 0.0848. The Morgan fingerprint density at radius 1 is 1.00 bits per heavy atom. The van der Waals surface area contributed by atoms with E-state index in [-0.39, 0.29) is 16.8 Å². The third kappa shape index (κ3) is 5.88. The number of urea groups is 1. The second kappa shape index (κ2) is 10.8. The lowest BCUT2D eigenvalue weighted by molar-refractivity contribution is 0.102. The van der Waals surface area contributed by atoms with E-state index in [0.29, 0.717) is 24.2 Å². The van der Waals surface area contributed by atoms with Crippen LogP contribution < -0.4 is 14.9 Å². The van der Waals surface area contributed by atoms with E-state index in [0.717, 1.165) is 9.87 Å². The van der Waals surface area contributed by atoms with Gasteiger partial charge in [-0.05, 0) is 54.4 Å². The van der Waals surface area contributed by atoms with Crippen LogP contribution in [0, 0.1) is 28.5 Å². The second-order valence-corrected chi connectivity index (χ2v) is 7.28. The van der Waals surface area contributed by atoms with Crippen molar-refractivity contribution in [3.8, 4) is 12.1 Å². The molecule has 2 N–H and O–H groups in total. The molecule has 0 aromatic heterocycles. The zero-order chi connectivity index (χ0) is 23.8. The van der Waals surface area contributed by atoms with Crippen LogP contribution in [-0.4, -0.2) is 18.5 Å². The number of carbonyl (C=O) groups excluding carboxylic acids is 2. The maximum Gasteiger partial charge on any atom is 0.331 e. The van der Waals surface area contributed by atoms with E-state index in [1.54, 1.807) is 12.1 Å². The number of rotatable bonds is 6. The van der Waals surface area contributed by atoms with Crippen molar-refractivity contribution in [2.75, 3.05) is 16.2 Å². The summed E-state index contributed by atoms with van der Waals surface area (Å²) in [7, 11) is 0. The molecule has 0 heterocycles. The largest absolute Gasteiger partial charge is 0.337 e. The van der Waals surface area contributed by atoms with E-state index in [2.05, 4.69) is 23.4 Å². The van der Waals surface area contributed by atoms with Crippen molar-refractivity contribution < 1.29 is 14.0 Å². The maximum absolute atomic E-state index is 13.8. The summed E-state index contributed by atoms with van der Waals surface area (Å²) in [5, 5.41) is 23.5. The molecular formula is C24H18FN5O2S. The summed E-state index contributed by atoms with van der Waals surface area (Å²) in [4.78, 5) is 24.8. The summed E-state index contributed by atoms with van der Waals surface area (Å²) in [5.41, 5.74) is 1.95. The van der Waals surface area contributed by atoms with Gasteiger partial charge in [-0.2, -0.15) is 10.5 Å². The third-order valence-electron chi connectivity index (χ3n) is 4.70. The van der Waals surface area contributed by atoms with E-state index < -0.39 is 17.8 Å². The Morgan fingerprint density at radius 2 is 1.73 bits per heavy atom. The van der Waals surface area contributed by atoms with Crippen molar-refractivity contribution in [3.63, 3.8) is 0 Å². The number of carbonyl (C=O) groups is 2. The molecule has 0 atom stereocenters. The first-order valence-corrected chi connectivity index (χ1v) is 10.2. The monoisotopic (exact) mass is 459 g/mol. The number of hydrogen-bond donors (Lipinski definition) is 3. The first kappa shape index (κ1) is 23.3. The summed E-state index contributed by atoms with van der Waals surface area (Å²) in [6, 6.07) is 20.4. The van der Waals surface area contributed by atoms with Gasteiger partial charge in [0.1, 0.15) is 11.9 Å². The van der Waals surface area contributed by atoms with Crippen molar-refractivity contribution >= 4 is 36.1 Å². The Morgan fingerprint density at radius 3 is 2.39 bits per heavy atom. The van der Waals surface area contributed by atoms with Crippen molar-refractivity contribution in [2.24, 2.45) is 0 Å². The number of nitrogens with zero attached hydrogens (tertiary/aromatic N) is 3. The molecular weight excluding hydrogens is 441 g/mol. The number of amides is 3. The van der Waals surface area contributed by atoms with Gasteiger partial charge in [-0.1, -0.05) is 37.1 Å². The van der Waals surface area contributed by atoms with Crippen LogP contribution in [0.2, 0.25) is 0 Å². The van der Waals surface area contributed by atoms with E-state index in [9.17, 15) is 19.2 Å². The van der Waals surface area contributed by atoms with Crippen molar-refractivity contribution in [1.82, 2.24) is 5.32 Å². The Balaban J connectivity index is 1.63. The van der Waals surface area contributed by atoms with Gasteiger partial charge in [-0.15, -0.1) is 0 Å². The van der Waals surface area contributed by atoms with Gasteiger partial charge in [0, 0.05) is 6.54 Å². The minimum atomic E-state index is -0.694. The van der Waals surface area contributed by atoms with Crippen LogP contribution in [0.15, 0.2) is 66.7 Å². The number of nitriles is 2. The van der Waals surface area contributed by atoms with Gasteiger partial charge in [0.05, 0.1) is 34.1 Å². The topological polar surface area (TPSA) is 109 Å². The fourth-order valence-corrected chi connectivity index (χ4v) is 3.15. The molecule has 33 heavy (non-hydrogen) atoms. The predicted molar refractivity (Wildman–Crippen MR) is 125 cm³/mol. The summed E-state index contributed by atoms with van der Waals surface area (Å²) in [6.07, 6.45) is 0.559. The van der Waals surface area contributed by atoms with Gasteiger partial charge in [0.2, 0.25) is 0 Å². The van der Waals surface area contributed by atoms with Crippen molar-refractivity contribution in [3.05, 3.63) is 94.8 Å². The molecule has 0 saturated carbocycles. The molecule has 164 valence electrons. The number of benzene rings is 3. The molecule has 0 saturated heterocycles.